The number of ether oxygens (including phenoxy) is 9. The number of aldehydes is 1. The molecule has 17 heteroatoms. The molecular weight excluding hydrogens is 638 g/mol. The second-order valence-corrected chi connectivity index (χ2v) is 9.58. The van der Waals surface area contributed by atoms with Crippen LogP contribution in [0.2, 0.25) is 0 Å². The number of nitrogens with zero attached hydrogens (tertiary/aromatic N) is 2. The zero-order valence-electron chi connectivity index (χ0n) is 27.0. The number of benzene rings is 2. The van der Waals surface area contributed by atoms with Gasteiger partial charge in [-0.25, -0.2) is 0 Å². The molecule has 0 aliphatic carbocycles. The highest BCUT2D eigenvalue weighted by atomic mass is 16.6. The molecule has 0 fully saturated rings. The third-order valence-corrected chi connectivity index (χ3v) is 6.07. The van der Waals surface area contributed by atoms with E-state index in [2.05, 4.69) is 5.32 Å². The fourth-order valence-electron chi connectivity index (χ4n) is 3.69. The molecule has 48 heavy (non-hydrogen) atoms. The van der Waals surface area contributed by atoms with Gasteiger partial charge in [-0.2, -0.15) is 0 Å². The Morgan fingerprint density at radius 1 is 0.542 bits per heavy atom. The molecule has 17 nitrogen and oxygen atoms in total. The number of rotatable bonds is 32. The number of hydrogen-bond donors (Lipinski definition) is 1. The summed E-state index contributed by atoms with van der Waals surface area (Å²) in [5, 5.41) is 24.8. The van der Waals surface area contributed by atoms with E-state index in [1.54, 1.807) is 24.3 Å². The first-order chi connectivity index (χ1) is 23.5. The Kier molecular flexibility index (Phi) is 22.9. The molecule has 0 aliphatic rings. The molecule has 0 saturated heterocycles. The van der Waals surface area contributed by atoms with Gasteiger partial charge in [-0.3, -0.25) is 25.0 Å². The summed E-state index contributed by atoms with van der Waals surface area (Å²) in [5.74, 6) is 0.688. The summed E-state index contributed by atoms with van der Waals surface area (Å²) in [6.45, 7) is 7.46. The topological polar surface area (TPSA) is 198 Å². The van der Waals surface area contributed by atoms with Gasteiger partial charge in [0.25, 0.3) is 11.4 Å². The molecule has 0 bridgehead atoms. The lowest BCUT2D eigenvalue weighted by molar-refractivity contribution is -0.393. The zero-order valence-corrected chi connectivity index (χ0v) is 27.0. The number of nitrogens with one attached hydrogen (secondary N) is 1. The van der Waals surface area contributed by atoms with E-state index in [1.807, 2.05) is 0 Å². The average Bonchev–Trinajstić information content (AvgIpc) is 3.09. The summed E-state index contributed by atoms with van der Waals surface area (Å²) in [6.07, 6.45) is 0.786. The summed E-state index contributed by atoms with van der Waals surface area (Å²) in [5.41, 5.74) is 0.0711. The zero-order chi connectivity index (χ0) is 34.5. The summed E-state index contributed by atoms with van der Waals surface area (Å²) < 4.78 is 49.0. The fraction of sp³-hybridized carbons (Fsp3) is 0.581. The van der Waals surface area contributed by atoms with Crippen LogP contribution in [0.15, 0.2) is 42.5 Å². The van der Waals surface area contributed by atoms with E-state index < -0.39 is 9.85 Å². The van der Waals surface area contributed by atoms with Gasteiger partial charge in [-0.1, -0.05) is 0 Å². The van der Waals surface area contributed by atoms with Gasteiger partial charge in [0.1, 0.15) is 24.3 Å². The van der Waals surface area contributed by atoms with Crippen molar-refractivity contribution in [2.75, 3.05) is 124 Å². The Bertz CT molecular complexity index is 1160. The molecule has 2 aromatic carbocycles. The monoisotopic (exact) mass is 683 g/mol. The summed E-state index contributed by atoms with van der Waals surface area (Å²) in [4.78, 5) is 31.2. The second-order valence-electron chi connectivity index (χ2n) is 9.58. The standard InChI is InChI=1S/C31H45N3O14/c35-26-27-1-4-29(5-2-27)48-24-23-47-22-21-46-20-19-45-18-17-44-16-15-43-14-13-42-12-11-41-10-9-40-8-7-32-30-6-3-28(33(36)37)25-31(30)34(38)39/h1-6,25-26,32H,7-24H2. The molecule has 0 atom stereocenters. The number of carbonyl (C=O) groups is 1. The molecule has 1 N–H and O–H groups in total. The molecule has 0 saturated carbocycles. The van der Waals surface area contributed by atoms with Gasteiger partial charge < -0.3 is 47.9 Å². The van der Waals surface area contributed by atoms with Crippen molar-refractivity contribution in [1.29, 1.82) is 0 Å². The van der Waals surface area contributed by atoms with Crippen molar-refractivity contribution in [3.8, 4) is 5.75 Å². The van der Waals surface area contributed by atoms with E-state index in [0.29, 0.717) is 117 Å². The smallest absolute Gasteiger partial charge is 0.299 e. The van der Waals surface area contributed by atoms with E-state index in [1.165, 1.54) is 12.1 Å². The predicted molar refractivity (Wildman–Crippen MR) is 172 cm³/mol. The van der Waals surface area contributed by atoms with E-state index in [9.17, 15) is 25.0 Å². The normalized spacial score (nSPS) is 11.0. The molecule has 0 aromatic heterocycles. The van der Waals surface area contributed by atoms with Gasteiger partial charge in [0.05, 0.1) is 122 Å². The molecular formula is C31H45N3O14. The largest absolute Gasteiger partial charge is 0.491 e. The maximum Gasteiger partial charge on any atom is 0.299 e. The summed E-state index contributed by atoms with van der Waals surface area (Å²) in [6, 6.07) is 10.3. The van der Waals surface area contributed by atoms with Crippen LogP contribution in [-0.2, 0) is 37.9 Å². The van der Waals surface area contributed by atoms with E-state index in [4.69, 9.17) is 42.6 Å². The minimum Gasteiger partial charge on any atom is -0.491 e. The maximum absolute atomic E-state index is 11.1. The quantitative estimate of drug-likeness (QED) is 0.0511. The molecule has 0 heterocycles. The van der Waals surface area contributed by atoms with Gasteiger partial charge in [0, 0.05) is 18.2 Å². The van der Waals surface area contributed by atoms with Crippen molar-refractivity contribution in [3.05, 3.63) is 68.3 Å². The highest BCUT2D eigenvalue weighted by molar-refractivity contribution is 5.74. The van der Waals surface area contributed by atoms with Gasteiger partial charge in [-0.05, 0) is 30.3 Å². The number of carbonyl (C=O) groups excluding carboxylic acids is 1. The molecule has 0 unspecified atom stereocenters. The molecule has 0 spiro atoms. The van der Waals surface area contributed by atoms with E-state index >= 15 is 0 Å². The molecule has 2 aromatic rings. The van der Waals surface area contributed by atoms with Crippen LogP contribution < -0.4 is 10.1 Å². The van der Waals surface area contributed by atoms with Crippen molar-refractivity contribution in [3.63, 3.8) is 0 Å². The molecule has 268 valence electrons. The third-order valence-electron chi connectivity index (χ3n) is 6.07. The van der Waals surface area contributed by atoms with Crippen molar-refractivity contribution in [2.45, 2.75) is 0 Å². The van der Waals surface area contributed by atoms with Crippen LogP contribution in [0.1, 0.15) is 10.4 Å². The van der Waals surface area contributed by atoms with Crippen LogP contribution >= 0.6 is 0 Å². The molecule has 0 amide bonds. The first-order valence-electron chi connectivity index (χ1n) is 15.5. The van der Waals surface area contributed by atoms with Crippen molar-refractivity contribution >= 4 is 23.3 Å². The molecule has 0 radical (unpaired) electrons. The Hall–Kier alpha value is -3.81. The van der Waals surface area contributed by atoms with Gasteiger partial charge in [0.15, 0.2) is 0 Å². The first-order valence-corrected chi connectivity index (χ1v) is 15.5. The first kappa shape index (κ1) is 40.4. The van der Waals surface area contributed by atoms with E-state index in [-0.39, 0.29) is 30.2 Å². The fourth-order valence-corrected chi connectivity index (χ4v) is 3.69. The average molecular weight is 684 g/mol. The van der Waals surface area contributed by atoms with Crippen LogP contribution in [0, 0.1) is 20.2 Å². The van der Waals surface area contributed by atoms with E-state index in [0.717, 1.165) is 12.4 Å². The Morgan fingerprint density at radius 3 is 1.35 bits per heavy atom. The van der Waals surface area contributed by atoms with Gasteiger partial charge >= 0.3 is 0 Å². The third kappa shape index (κ3) is 19.8. The van der Waals surface area contributed by atoms with Crippen molar-refractivity contribution in [2.24, 2.45) is 0 Å². The van der Waals surface area contributed by atoms with Crippen LogP contribution in [0.25, 0.3) is 0 Å². The summed E-state index contributed by atoms with van der Waals surface area (Å²) in [7, 11) is 0. The SMILES string of the molecule is O=Cc1ccc(OCCOCCOCCOCCOCCOCCOCCOCCOCCNc2ccc([N+](=O)[O-])cc2[N+](=O)[O-])cc1. The predicted octanol–water partition coefficient (Wildman–Crippen LogP) is 2.94. The summed E-state index contributed by atoms with van der Waals surface area (Å²) >= 11 is 0. The lowest BCUT2D eigenvalue weighted by atomic mass is 10.2. The Morgan fingerprint density at radius 2 is 0.958 bits per heavy atom. The van der Waals surface area contributed by atoms with Crippen molar-refractivity contribution < 1.29 is 57.3 Å². The van der Waals surface area contributed by atoms with Crippen LogP contribution in [-0.4, -0.2) is 135 Å². The number of hydrogen-bond acceptors (Lipinski definition) is 15. The van der Waals surface area contributed by atoms with Crippen LogP contribution in [0.3, 0.4) is 0 Å². The van der Waals surface area contributed by atoms with Crippen molar-refractivity contribution in [1.82, 2.24) is 0 Å². The van der Waals surface area contributed by atoms with Crippen LogP contribution in [0.4, 0.5) is 17.1 Å². The Labute approximate surface area is 278 Å². The maximum atomic E-state index is 11.1. The highest BCUT2D eigenvalue weighted by Crippen LogP contribution is 2.28. The lowest BCUT2D eigenvalue weighted by Gasteiger charge is -2.09. The number of anilines is 1. The number of non-ortho nitro benzene ring substituents is 1. The molecule has 0 aliphatic heterocycles. The number of nitro benzene ring substituents is 2. The minimum absolute atomic E-state index is 0.183. The second kappa shape index (κ2) is 27.2. The van der Waals surface area contributed by atoms with Gasteiger partial charge in [-0.15, -0.1) is 0 Å². The van der Waals surface area contributed by atoms with Gasteiger partial charge in [0.2, 0.25) is 0 Å². The highest BCUT2D eigenvalue weighted by Gasteiger charge is 2.19. The Balaban J connectivity index is 1.23. The molecule has 2 rings (SSSR count). The minimum atomic E-state index is -0.684. The number of nitro groups is 2. The van der Waals surface area contributed by atoms with Crippen LogP contribution in [0.5, 0.6) is 5.75 Å². The lowest BCUT2D eigenvalue weighted by Crippen LogP contribution is -2.16.